The molecule has 2 aliphatic rings. The maximum atomic E-state index is 13.1. The summed E-state index contributed by atoms with van der Waals surface area (Å²) in [5.41, 5.74) is -0.0870. The van der Waals surface area contributed by atoms with Crippen LogP contribution in [0.5, 0.6) is 0 Å². The molecule has 0 spiro atoms. The number of carboxylic acid groups (broad SMARTS) is 1. The molecule has 2 aromatic carbocycles. The average Bonchev–Trinajstić information content (AvgIpc) is 3.20. The molecule has 2 aromatic rings. The molecule has 0 radical (unpaired) electrons. The summed E-state index contributed by atoms with van der Waals surface area (Å²) in [6, 6.07) is 7.80. The fourth-order valence-corrected chi connectivity index (χ4v) is 3.90. The zero-order valence-corrected chi connectivity index (χ0v) is 17.7. The van der Waals surface area contributed by atoms with Crippen molar-refractivity contribution < 1.29 is 34.1 Å². The maximum Gasteiger partial charge on any atom is 0.335 e. The first kappa shape index (κ1) is 22.0. The van der Waals surface area contributed by atoms with Crippen LogP contribution < -0.4 is 0 Å². The van der Waals surface area contributed by atoms with Crippen LogP contribution in [0.25, 0.3) is 5.76 Å². The average molecular weight is 449 g/mol. The van der Waals surface area contributed by atoms with Gasteiger partial charge in [0, 0.05) is 18.2 Å². The Morgan fingerprint density at radius 1 is 1.06 bits per heavy atom. The fraction of sp³-hybridized carbons (Fsp3) is 0.217. The van der Waals surface area contributed by atoms with E-state index in [1.807, 2.05) is 6.92 Å². The van der Waals surface area contributed by atoms with Gasteiger partial charge in [0.05, 0.1) is 35.0 Å². The third-order valence-corrected chi connectivity index (χ3v) is 5.58. The van der Waals surface area contributed by atoms with Crippen molar-refractivity contribution in [3.05, 3.63) is 69.9 Å². The number of ketones is 1. The normalized spacial score (nSPS) is 16.1. The van der Waals surface area contributed by atoms with Gasteiger partial charge in [-0.2, -0.15) is 0 Å². The van der Waals surface area contributed by atoms with Gasteiger partial charge in [-0.3, -0.25) is 19.3 Å². The number of ether oxygens (including phenoxy) is 1. The van der Waals surface area contributed by atoms with Gasteiger partial charge in [-0.05, 0) is 36.8 Å². The number of azo groups is 1. The molecule has 1 aliphatic carbocycles. The van der Waals surface area contributed by atoms with Gasteiger partial charge in [0.15, 0.2) is 11.5 Å². The number of imide groups is 1. The highest BCUT2D eigenvalue weighted by Crippen LogP contribution is 2.36. The Hall–Kier alpha value is -4.18. The highest BCUT2D eigenvalue weighted by Gasteiger charge is 2.41. The number of aromatic carboxylic acids is 1. The number of aliphatic hydroxyl groups excluding tert-OH is 1. The Kier molecular flexibility index (Phi) is 5.60. The van der Waals surface area contributed by atoms with Crippen molar-refractivity contribution in [1.29, 1.82) is 0 Å². The van der Waals surface area contributed by atoms with Gasteiger partial charge in [0.25, 0.3) is 11.8 Å². The molecule has 4 rings (SSSR count). The first-order valence-electron chi connectivity index (χ1n) is 10.1. The van der Waals surface area contributed by atoms with E-state index in [9.17, 15) is 24.3 Å². The van der Waals surface area contributed by atoms with Crippen LogP contribution in [-0.2, 0) is 4.74 Å². The highest BCUT2D eigenvalue weighted by atomic mass is 16.5. The lowest BCUT2D eigenvalue weighted by Crippen LogP contribution is -2.42. The van der Waals surface area contributed by atoms with Crippen LogP contribution in [0.4, 0.5) is 5.69 Å². The molecule has 0 fully saturated rings. The van der Waals surface area contributed by atoms with E-state index in [1.54, 1.807) is 0 Å². The molecular weight excluding hydrogens is 430 g/mol. The first-order valence-corrected chi connectivity index (χ1v) is 10.1. The zero-order chi connectivity index (χ0) is 23.9. The predicted molar refractivity (Wildman–Crippen MR) is 115 cm³/mol. The van der Waals surface area contributed by atoms with Crippen molar-refractivity contribution in [3.63, 3.8) is 0 Å². The van der Waals surface area contributed by atoms with Crippen molar-refractivity contribution in [2.24, 2.45) is 10.2 Å². The van der Waals surface area contributed by atoms with Gasteiger partial charge >= 0.3 is 5.97 Å². The van der Waals surface area contributed by atoms with Crippen molar-refractivity contribution in [3.8, 4) is 0 Å². The first-order chi connectivity index (χ1) is 15.8. The number of hydrogen-bond acceptors (Lipinski definition) is 8. The van der Waals surface area contributed by atoms with E-state index in [-0.39, 0.29) is 45.8 Å². The monoisotopic (exact) mass is 449 g/mol. The number of carbonyl (C=O) groups excluding carboxylic acids is 3. The largest absolute Gasteiger partial charge is 0.505 e. The molecule has 33 heavy (non-hydrogen) atoms. The second-order valence-corrected chi connectivity index (χ2v) is 7.49. The van der Waals surface area contributed by atoms with Crippen molar-refractivity contribution in [2.75, 3.05) is 13.7 Å². The number of methoxy groups -OCH3 is 1. The summed E-state index contributed by atoms with van der Waals surface area (Å²) in [7, 11) is 1.48. The standard InChI is InChI=1S/C23H19N3O7/c1-3-12(10-33-2)26-21(29)14-5-4-6-16(17(14)22(26)30)24-25-18-19(27)13-8-7-11(23(31)32)9-15(13)20(18)28/h4-9,12,27H,3,10H2,1-2H3,(H,31,32). The van der Waals surface area contributed by atoms with Gasteiger partial charge < -0.3 is 14.9 Å². The molecule has 1 heterocycles. The number of Topliss-reactive ketones (excluding diaryl/α,β-unsaturated/α-hetero) is 1. The number of rotatable bonds is 7. The summed E-state index contributed by atoms with van der Waals surface area (Å²) < 4.78 is 5.13. The van der Waals surface area contributed by atoms with E-state index in [2.05, 4.69) is 10.2 Å². The molecule has 0 saturated heterocycles. The van der Waals surface area contributed by atoms with Crippen LogP contribution in [0.1, 0.15) is 60.3 Å². The molecule has 168 valence electrons. The lowest BCUT2D eigenvalue weighted by molar-refractivity contribution is 0.0465. The van der Waals surface area contributed by atoms with Crippen LogP contribution in [0.2, 0.25) is 0 Å². The van der Waals surface area contributed by atoms with Gasteiger partial charge in [0.1, 0.15) is 0 Å². The zero-order valence-electron chi connectivity index (χ0n) is 17.7. The molecule has 1 atom stereocenters. The molecular formula is C23H19N3O7. The second kappa shape index (κ2) is 8.40. The molecule has 1 unspecified atom stereocenters. The second-order valence-electron chi connectivity index (χ2n) is 7.49. The predicted octanol–water partition coefficient (Wildman–Crippen LogP) is 3.61. The number of allylic oxidation sites excluding steroid dienone is 1. The maximum absolute atomic E-state index is 13.1. The molecule has 2 N–H and O–H groups in total. The summed E-state index contributed by atoms with van der Waals surface area (Å²) in [6.07, 6.45) is 0.502. The molecule has 0 bridgehead atoms. The van der Waals surface area contributed by atoms with E-state index in [1.165, 1.54) is 37.4 Å². The van der Waals surface area contributed by atoms with Crippen LogP contribution >= 0.6 is 0 Å². The number of nitrogens with zero attached hydrogens (tertiary/aromatic N) is 3. The highest BCUT2D eigenvalue weighted by molar-refractivity contribution is 6.24. The summed E-state index contributed by atoms with van der Waals surface area (Å²) in [5, 5.41) is 27.4. The van der Waals surface area contributed by atoms with Crippen LogP contribution in [0.15, 0.2) is 52.3 Å². The van der Waals surface area contributed by atoms with E-state index in [4.69, 9.17) is 9.84 Å². The minimum absolute atomic E-state index is 0.0116. The lowest BCUT2D eigenvalue weighted by atomic mass is 10.1. The lowest BCUT2D eigenvalue weighted by Gasteiger charge is -2.24. The molecule has 10 heteroatoms. The van der Waals surface area contributed by atoms with Crippen LogP contribution in [0.3, 0.4) is 0 Å². The third kappa shape index (κ3) is 3.50. The molecule has 2 amide bonds. The van der Waals surface area contributed by atoms with E-state index >= 15 is 0 Å². The number of amides is 2. The Balaban J connectivity index is 1.69. The van der Waals surface area contributed by atoms with Crippen LogP contribution in [0, 0.1) is 0 Å². The Bertz CT molecular complexity index is 1280. The van der Waals surface area contributed by atoms with Gasteiger partial charge in [0.2, 0.25) is 5.78 Å². The number of hydrogen-bond donors (Lipinski definition) is 2. The Morgan fingerprint density at radius 2 is 1.82 bits per heavy atom. The number of aliphatic hydroxyl groups is 1. The Morgan fingerprint density at radius 3 is 2.48 bits per heavy atom. The van der Waals surface area contributed by atoms with Crippen molar-refractivity contribution in [1.82, 2.24) is 4.90 Å². The smallest absolute Gasteiger partial charge is 0.335 e. The quantitative estimate of drug-likeness (QED) is 0.485. The minimum Gasteiger partial charge on any atom is -0.505 e. The third-order valence-electron chi connectivity index (χ3n) is 5.58. The molecule has 1 aliphatic heterocycles. The fourth-order valence-electron chi connectivity index (χ4n) is 3.90. The van der Waals surface area contributed by atoms with Crippen molar-refractivity contribution >= 4 is 35.0 Å². The van der Waals surface area contributed by atoms with Gasteiger partial charge in [-0.25, -0.2) is 4.79 Å². The summed E-state index contributed by atoms with van der Waals surface area (Å²) in [6.45, 7) is 2.02. The van der Waals surface area contributed by atoms with E-state index in [0.29, 0.717) is 6.42 Å². The number of carboxylic acids is 1. The summed E-state index contributed by atoms with van der Waals surface area (Å²) >= 11 is 0. The summed E-state index contributed by atoms with van der Waals surface area (Å²) in [5.74, 6) is -3.37. The van der Waals surface area contributed by atoms with Gasteiger partial charge in [-0.1, -0.05) is 13.0 Å². The van der Waals surface area contributed by atoms with Crippen molar-refractivity contribution in [2.45, 2.75) is 19.4 Å². The Labute approximate surface area is 187 Å². The van der Waals surface area contributed by atoms with E-state index in [0.717, 1.165) is 11.0 Å². The minimum atomic E-state index is -1.22. The number of fused-ring (bicyclic) bond motifs is 2. The molecule has 0 aromatic heterocycles. The number of benzene rings is 2. The van der Waals surface area contributed by atoms with Crippen LogP contribution in [-0.4, -0.2) is 58.4 Å². The summed E-state index contributed by atoms with van der Waals surface area (Å²) in [4.78, 5) is 50.9. The van der Waals surface area contributed by atoms with Gasteiger partial charge in [-0.15, -0.1) is 10.2 Å². The SMILES string of the molecule is CCC(COC)N1C(=O)c2cccc(N=NC3=C(O)c4ccc(C(=O)O)cc4C3=O)c2C1=O. The van der Waals surface area contributed by atoms with E-state index < -0.39 is 35.4 Å². The molecule has 0 saturated carbocycles. The number of carbonyl (C=O) groups is 4. The topological polar surface area (TPSA) is 146 Å². The molecule has 10 nitrogen and oxygen atoms in total.